The molecule has 19 heavy (non-hydrogen) atoms. The van der Waals surface area contributed by atoms with E-state index in [1.165, 1.54) is 23.4 Å². The summed E-state index contributed by atoms with van der Waals surface area (Å²) in [6.07, 6.45) is 4.69. The van der Waals surface area contributed by atoms with Crippen molar-refractivity contribution in [3.63, 3.8) is 0 Å². The molecule has 106 valence electrons. The lowest BCUT2D eigenvalue weighted by Gasteiger charge is -2.19. The Balaban J connectivity index is 1.96. The van der Waals surface area contributed by atoms with Crippen molar-refractivity contribution in [2.24, 2.45) is 5.73 Å². The maximum Gasteiger partial charge on any atom is 0.241 e. The van der Waals surface area contributed by atoms with Crippen LogP contribution in [-0.4, -0.2) is 42.6 Å². The summed E-state index contributed by atoms with van der Waals surface area (Å²) in [7, 11) is 3.31. The van der Waals surface area contributed by atoms with Crippen LogP contribution in [0.5, 0.6) is 0 Å². The van der Waals surface area contributed by atoms with Crippen LogP contribution >= 0.6 is 11.3 Å². The molecule has 5 nitrogen and oxygen atoms in total. The molecule has 1 heterocycles. The number of nitrogens with two attached hydrogens (primary N) is 1. The van der Waals surface area contributed by atoms with Gasteiger partial charge in [0.1, 0.15) is 11.0 Å². The van der Waals surface area contributed by atoms with E-state index in [1.54, 1.807) is 30.4 Å². The largest absolute Gasteiger partial charge is 0.383 e. The Morgan fingerprint density at radius 3 is 2.95 bits per heavy atom. The van der Waals surface area contributed by atoms with E-state index in [-0.39, 0.29) is 12.5 Å². The first kappa shape index (κ1) is 14.4. The van der Waals surface area contributed by atoms with Crippen molar-refractivity contribution in [3.05, 3.63) is 15.6 Å². The predicted octanol–water partition coefficient (Wildman–Crippen LogP) is 0.954. The van der Waals surface area contributed by atoms with Gasteiger partial charge in [-0.05, 0) is 25.7 Å². The summed E-state index contributed by atoms with van der Waals surface area (Å²) in [6, 6.07) is -0.593. The fourth-order valence-electron chi connectivity index (χ4n) is 2.29. The zero-order valence-corrected chi connectivity index (χ0v) is 12.3. The van der Waals surface area contributed by atoms with Crippen molar-refractivity contribution in [2.75, 3.05) is 20.8 Å². The minimum absolute atomic E-state index is 0.102. The van der Waals surface area contributed by atoms with Crippen LogP contribution in [0.15, 0.2) is 0 Å². The maximum absolute atomic E-state index is 12.0. The quantitative estimate of drug-likeness (QED) is 0.873. The fourth-order valence-corrected chi connectivity index (χ4v) is 3.50. The number of aromatic nitrogens is 1. The number of hydrogen-bond acceptors (Lipinski definition) is 5. The summed E-state index contributed by atoms with van der Waals surface area (Å²) in [6.45, 7) is 0.783. The Morgan fingerprint density at radius 1 is 1.53 bits per heavy atom. The van der Waals surface area contributed by atoms with Gasteiger partial charge in [-0.25, -0.2) is 4.98 Å². The van der Waals surface area contributed by atoms with Crippen molar-refractivity contribution in [3.8, 4) is 0 Å². The molecule has 1 aliphatic carbocycles. The van der Waals surface area contributed by atoms with E-state index in [1.807, 2.05) is 0 Å². The zero-order chi connectivity index (χ0) is 13.8. The molecule has 0 radical (unpaired) electrons. The van der Waals surface area contributed by atoms with Crippen LogP contribution in [0.3, 0.4) is 0 Å². The molecule has 2 N–H and O–H groups in total. The number of amides is 1. The van der Waals surface area contributed by atoms with Crippen LogP contribution < -0.4 is 5.73 Å². The van der Waals surface area contributed by atoms with Crippen LogP contribution in [0.25, 0.3) is 0 Å². The van der Waals surface area contributed by atoms with Crippen LogP contribution in [-0.2, 0) is 28.9 Å². The minimum atomic E-state index is -0.593. The second kappa shape index (κ2) is 6.45. The number of carbonyl (C=O) groups excluding carboxylic acids is 1. The summed E-state index contributed by atoms with van der Waals surface area (Å²) in [5.41, 5.74) is 6.98. The first-order valence-corrected chi connectivity index (χ1v) is 7.40. The summed E-state index contributed by atoms with van der Waals surface area (Å²) in [4.78, 5) is 19.6. The van der Waals surface area contributed by atoms with Gasteiger partial charge in [0.2, 0.25) is 5.91 Å². The molecule has 1 aromatic heterocycles. The Kier molecular flexibility index (Phi) is 4.90. The van der Waals surface area contributed by atoms with Crippen LogP contribution in [0.1, 0.15) is 28.4 Å². The van der Waals surface area contributed by atoms with Gasteiger partial charge in [-0.2, -0.15) is 0 Å². The third-order valence-corrected chi connectivity index (χ3v) is 4.44. The van der Waals surface area contributed by atoms with Crippen molar-refractivity contribution in [1.82, 2.24) is 9.88 Å². The number of rotatable bonds is 5. The molecule has 1 aromatic rings. The SMILES string of the molecule is COCC(N)C(=O)N(C)Cc1nc2c(s1)CCCC2. The van der Waals surface area contributed by atoms with E-state index < -0.39 is 6.04 Å². The summed E-state index contributed by atoms with van der Waals surface area (Å²) < 4.78 is 4.91. The van der Waals surface area contributed by atoms with E-state index in [2.05, 4.69) is 4.98 Å². The Morgan fingerprint density at radius 2 is 2.26 bits per heavy atom. The van der Waals surface area contributed by atoms with Gasteiger partial charge >= 0.3 is 0 Å². The van der Waals surface area contributed by atoms with Gasteiger partial charge in [-0.3, -0.25) is 4.79 Å². The third kappa shape index (κ3) is 3.52. The monoisotopic (exact) mass is 283 g/mol. The molecular weight excluding hydrogens is 262 g/mol. The van der Waals surface area contributed by atoms with Gasteiger partial charge in [-0.15, -0.1) is 11.3 Å². The molecule has 0 aliphatic heterocycles. The lowest BCUT2D eigenvalue weighted by molar-refractivity contribution is -0.132. The van der Waals surface area contributed by atoms with E-state index in [9.17, 15) is 4.79 Å². The summed E-state index contributed by atoms with van der Waals surface area (Å²) >= 11 is 1.73. The van der Waals surface area contributed by atoms with E-state index in [0.29, 0.717) is 6.54 Å². The number of likely N-dealkylation sites (N-methyl/N-ethyl adjacent to an activating group) is 1. The van der Waals surface area contributed by atoms with Crippen molar-refractivity contribution >= 4 is 17.2 Å². The van der Waals surface area contributed by atoms with Crippen molar-refractivity contribution in [1.29, 1.82) is 0 Å². The number of ether oxygens (including phenoxy) is 1. The lowest BCUT2D eigenvalue weighted by atomic mass is 10.0. The molecular formula is C13H21N3O2S. The Bertz CT molecular complexity index is 424. The molecule has 1 aliphatic rings. The number of hydrogen-bond donors (Lipinski definition) is 1. The average molecular weight is 283 g/mol. The molecule has 0 fully saturated rings. The van der Waals surface area contributed by atoms with Crippen LogP contribution in [0.2, 0.25) is 0 Å². The average Bonchev–Trinajstić information content (AvgIpc) is 2.80. The molecule has 0 spiro atoms. The predicted molar refractivity (Wildman–Crippen MR) is 75.1 cm³/mol. The van der Waals surface area contributed by atoms with Gasteiger partial charge < -0.3 is 15.4 Å². The lowest BCUT2D eigenvalue weighted by Crippen LogP contribution is -2.44. The number of carbonyl (C=O) groups is 1. The van der Waals surface area contributed by atoms with Crippen molar-refractivity contribution in [2.45, 2.75) is 38.3 Å². The standard InChI is InChI=1S/C13H21N3O2S/c1-16(13(17)9(14)8-18-2)7-12-15-10-5-3-4-6-11(10)19-12/h9H,3-8,14H2,1-2H3. The van der Waals surface area contributed by atoms with E-state index >= 15 is 0 Å². The third-order valence-electron chi connectivity index (χ3n) is 3.30. The van der Waals surface area contributed by atoms with E-state index in [0.717, 1.165) is 17.8 Å². The van der Waals surface area contributed by atoms with Gasteiger partial charge in [0.15, 0.2) is 0 Å². The molecule has 0 saturated heterocycles. The molecule has 0 bridgehead atoms. The summed E-state index contributed by atoms with van der Waals surface area (Å²) in [5.74, 6) is -0.102. The minimum Gasteiger partial charge on any atom is -0.383 e. The molecule has 0 aromatic carbocycles. The number of fused-ring (bicyclic) bond motifs is 1. The number of nitrogens with zero attached hydrogens (tertiary/aromatic N) is 2. The van der Waals surface area contributed by atoms with Crippen molar-refractivity contribution < 1.29 is 9.53 Å². The number of methoxy groups -OCH3 is 1. The second-order valence-corrected chi connectivity index (χ2v) is 6.11. The number of thiazole rings is 1. The Labute approximate surface area is 117 Å². The zero-order valence-electron chi connectivity index (χ0n) is 11.5. The molecule has 6 heteroatoms. The molecule has 2 rings (SSSR count). The highest BCUT2D eigenvalue weighted by Gasteiger charge is 2.20. The molecule has 1 amide bonds. The van der Waals surface area contributed by atoms with Gasteiger partial charge in [0.25, 0.3) is 0 Å². The molecule has 0 saturated carbocycles. The van der Waals surface area contributed by atoms with Gasteiger partial charge in [0, 0.05) is 19.0 Å². The smallest absolute Gasteiger partial charge is 0.241 e. The van der Waals surface area contributed by atoms with Gasteiger partial charge in [-0.1, -0.05) is 0 Å². The maximum atomic E-state index is 12.0. The molecule has 1 atom stereocenters. The normalized spacial score (nSPS) is 15.9. The highest BCUT2D eigenvalue weighted by atomic mass is 32.1. The highest BCUT2D eigenvalue weighted by Crippen LogP contribution is 2.27. The molecule has 1 unspecified atom stereocenters. The highest BCUT2D eigenvalue weighted by molar-refractivity contribution is 7.11. The van der Waals surface area contributed by atoms with Gasteiger partial charge in [0.05, 0.1) is 18.8 Å². The Hall–Kier alpha value is -0.980. The summed E-state index contributed by atoms with van der Waals surface area (Å²) in [5, 5.41) is 1.01. The van der Waals surface area contributed by atoms with E-state index in [4.69, 9.17) is 10.5 Å². The first-order chi connectivity index (χ1) is 9.11. The fraction of sp³-hybridized carbons (Fsp3) is 0.692. The topological polar surface area (TPSA) is 68.5 Å². The number of aryl methyl sites for hydroxylation is 2. The van der Waals surface area contributed by atoms with Crippen LogP contribution in [0, 0.1) is 0 Å². The second-order valence-electron chi connectivity index (χ2n) is 4.94. The first-order valence-electron chi connectivity index (χ1n) is 6.58. The van der Waals surface area contributed by atoms with Crippen LogP contribution in [0.4, 0.5) is 0 Å².